The second kappa shape index (κ2) is 7.49. The summed E-state index contributed by atoms with van der Waals surface area (Å²) in [5.41, 5.74) is 2.69. The number of halogens is 1. The van der Waals surface area contributed by atoms with Crippen LogP contribution >= 0.6 is 11.6 Å². The number of para-hydroxylation sites is 2. The number of hydrogen-bond donors (Lipinski definition) is 1. The Labute approximate surface area is 141 Å². The molecule has 2 aromatic rings. The summed E-state index contributed by atoms with van der Waals surface area (Å²) in [5, 5.41) is 3.62. The molecule has 120 valence electrons. The molecule has 4 nitrogen and oxygen atoms in total. The summed E-state index contributed by atoms with van der Waals surface area (Å²) in [4.78, 5) is 14.6. The van der Waals surface area contributed by atoms with E-state index < -0.39 is 0 Å². The molecular weight excluding hydrogens is 312 g/mol. The van der Waals surface area contributed by atoms with E-state index in [4.69, 9.17) is 16.3 Å². The zero-order valence-electron chi connectivity index (χ0n) is 12.8. The van der Waals surface area contributed by atoms with E-state index in [1.54, 1.807) is 6.07 Å². The van der Waals surface area contributed by atoms with Gasteiger partial charge in [0.15, 0.2) is 0 Å². The number of amides is 1. The number of ether oxygens (including phenoxy) is 1. The van der Waals surface area contributed by atoms with Gasteiger partial charge in [-0.15, -0.1) is 0 Å². The topological polar surface area (TPSA) is 41.6 Å². The molecule has 0 bridgehead atoms. The van der Waals surface area contributed by atoms with Gasteiger partial charge in [0.1, 0.15) is 0 Å². The Morgan fingerprint density at radius 1 is 1.09 bits per heavy atom. The van der Waals surface area contributed by atoms with Crippen LogP contribution in [0.5, 0.6) is 0 Å². The molecule has 1 amide bonds. The highest BCUT2D eigenvalue weighted by Crippen LogP contribution is 2.26. The largest absolute Gasteiger partial charge is 0.378 e. The maximum Gasteiger partial charge on any atom is 0.228 e. The van der Waals surface area contributed by atoms with E-state index in [1.165, 1.54) is 0 Å². The normalized spacial score (nSPS) is 14.6. The average molecular weight is 331 g/mol. The van der Waals surface area contributed by atoms with Gasteiger partial charge < -0.3 is 15.0 Å². The lowest BCUT2D eigenvalue weighted by Gasteiger charge is -2.30. The van der Waals surface area contributed by atoms with Crippen molar-refractivity contribution >= 4 is 28.9 Å². The molecule has 3 rings (SSSR count). The van der Waals surface area contributed by atoms with Gasteiger partial charge in [0.2, 0.25) is 5.91 Å². The van der Waals surface area contributed by atoms with Crippen LogP contribution in [0, 0.1) is 0 Å². The Hall–Kier alpha value is -2.04. The first-order chi connectivity index (χ1) is 11.2. The number of anilines is 2. The van der Waals surface area contributed by atoms with Gasteiger partial charge in [-0.25, -0.2) is 0 Å². The van der Waals surface area contributed by atoms with Crippen LogP contribution in [0.4, 0.5) is 11.4 Å². The molecule has 0 atom stereocenters. The van der Waals surface area contributed by atoms with E-state index >= 15 is 0 Å². The highest BCUT2D eigenvalue weighted by atomic mass is 35.5. The van der Waals surface area contributed by atoms with E-state index in [1.807, 2.05) is 42.5 Å². The third-order valence-corrected chi connectivity index (χ3v) is 4.21. The highest BCUT2D eigenvalue weighted by molar-refractivity contribution is 6.31. The summed E-state index contributed by atoms with van der Waals surface area (Å²) >= 11 is 6.12. The number of hydrogen-bond acceptors (Lipinski definition) is 3. The van der Waals surface area contributed by atoms with Crippen molar-refractivity contribution in [2.75, 3.05) is 36.5 Å². The first-order valence-corrected chi connectivity index (χ1v) is 8.07. The van der Waals surface area contributed by atoms with Gasteiger partial charge in [0.25, 0.3) is 0 Å². The number of carbonyl (C=O) groups excluding carboxylic acids is 1. The number of carbonyl (C=O) groups is 1. The molecule has 0 radical (unpaired) electrons. The average Bonchev–Trinajstić information content (AvgIpc) is 2.58. The number of morpholine rings is 1. The van der Waals surface area contributed by atoms with Crippen LogP contribution in [0.2, 0.25) is 5.02 Å². The molecule has 0 aliphatic carbocycles. The molecule has 0 aromatic heterocycles. The van der Waals surface area contributed by atoms with Crippen molar-refractivity contribution in [1.29, 1.82) is 0 Å². The van der Waals surface area contributed by atoms with Crippen molar-refractivity contribution in [2.45, 2.75) is 6.42 Å². The van der Waals surface area contributed by atoms with Crippen molar-refractivity contribution in [3.8, 4) is 0 Å². The predicted octanol–water partition coefficient (Wildman–Crippen LogP) is 3.36. The van der Waals surface area contributed by atoms with Crippen molar-refractivity contribution in [1.82, 2.24) is 0 Å². The maximum absolute atomic E-state index is 12.4. The molecule has 2 aromatic carbocycles. The first kappa shape index (κ1) is 15.8. The molecule has 1 fully saturated rings. The fraction of sp³-hybridized carbons (Fsp3) is 0.278. The van der Waals surface area contributed by atoms with Crippen LogP contribution in [0.15, 0.2) is 48.5 Å². The molecule has 0 unspecified atom stereocenters. The molecule has 1 heterocycles. The zero-order valence-corrected chi connectivity index (χ0v) is 13.6. The van der Waals surface area contributed by atoms with Crippen LogP contribution in [0.1, 0.15) is 5.56 Å². The van der Waals surface area contributed by atoms with Gasteiger partial charge in [-0.05, 0) is 23.8 Å². The third-order valence-electron chi connectivity index (χ3n) is 3.84. The summed E-state index contributed by atoms with van der Waals surface area (Å²) in [6.07, 6.45) is 0.261. The minimum Gasteiger partial charge on any atom is -0.378 e. The molecule has 23 heavy (non-hydrogen) atoms. The van der Waals surface area contributed by atoms with E-state index in [9.17, 15) is 4.79 Å². The second-order valence-electron chi connectivity index (χ2n) is 5.43. The van der Waals surface area contributed by atoms with Gasteiger partial charge in [0, 0.05) is 18.1 Å². The summed E-state index contributed by atoms with van der Waals surface area (Å²) in [5.74, 6) is -0.0705. The molecule has 5 heteroatoms. The Morgan fingerprint density at radius 3 is 2.57 bits per heavy atom. The summed E-state index contributed by atoms with van der Waals surface area (Å²) < 4.78 is 5.39. The lowest BCUT2D eigenvalue weighted by atomic mass is 10.1. The fourth-order valence-electron chi connectivity index (χ4n) is 2.67. The monoisotopic (exact) mass is 330 g/mol. The number of rotatable bonds is 4. The third kappa shape index (κ3) is 4.03. The Morgan fingerprint density at radius 2 is 1.78 bits per heavy atom. The van der Waals surface area contributed by atoms with E-state index in [2.05, 4.69) is 10.2 Å². The second-order valence-corrected chi connectivity index (χ2v) is 5.84. The van der Waals surface area contributed by atoms with Gasteiger partial charge in [-0.2, -0.15) is 0 Å². The van der Waals surface area contributed by atoms with E-state index in [0.29, 0.717) is 18.2 Å². The Kier molecular flexibility index (Phi) is 5.16. The van der Waals surface area contributed by atoms with Crippen LogP contribution in [-0.2, 0) is 16.0 Å². The van der Waals surface area contributed by atoms with Gasteiger partial charge in [0.05, 0.1) is 31.0 Å². The number of nitrogens with one attached hydrogen (secondary N) is 1. The maximum atomic E-state index is 12.4. The van der Waals surface area contributed by atoms with Crippen molar-refractivity contribution in [3.05, 3.63) is 59.1 Å². The highest BCUT2D eigenvalue weighted by Gasteiger charge is 2.16. The van der Waals surface area contributed by atoms with Gasteiger partial charge >= 0.3 is 0 Å². The number of nitrogens with zero attached hydrogens (tertiary/aromatic N) is 1. The van der Waals surface area contributed by atoms with Crippen LogP contribution in [0.3, 0.4) is 0 Å². The van der Waals surface area contributed by atoms with Crippen LogP contribution in [0.25, 0.3) is 0 Å². The Bertz CT molecular complexity index is 684. The quantitative estimate of drug-likeness (QED) is 0.934. The molecule has 0 saturated carbocycles. The molecule has 1 aliphatic heterocycles. The Balaban J connectivity index is 1.72. The smallest absolute Gasteiger partial charge is 0.228 e. The van der Waals surface area contributed by atoms with Crippen LogP contribution in [-0.4, -0.2) is 32.2 Å². The van der Waals surface area contributed by atoms with Gasteiger partial charge in [-0.1, -0.05) is 41.9 Å². The summed E-state index contributed by atoms with van der Waals surface area (Å²) in [7, 11) is 0. The zero-order chi connectivity index (χ0) is 16.1. The van der Waals surface area contributed by atoms with E-state index in [-0.39, 0.29) is 12.3 Å². The molecule has 1 saturated heterocycles. The standard InChI is InChI=1S/C18H19ClN2O2/c19-15-6-2-1-5-14(15)13-18(22)20-16-7-3-4-8-17(16)21-9-11-23-12-10-21/h1-8H,9-13H2,(H,20,22). The number of benzene rings is 2. The van der Waals surface area contributed by atoms with Crippen molar-refractivity contribution < 1.29 is 9.53 Å². The fourth-order valence-corrected chi connectivity index (χ4v) is 2.87. The van der Waals surface area contributed by atoms with Crippen LogP contribution < -0.4 is 10.2 Å². The van der Waals surface area contributed by atoms with Crippen molar-refractivity contribution in [2.24, 2.45) is 0 Å². The molecule has 1 aliphatic rings. The molecular formula is C18H19ClN2O2. The lowest BCUT2D eigenvalue weighted by Crippen LogP contribution is -2.36. The van der Waals surface area contributed by atoms with Crippen molar-refractivity contribution in [3.63, 3.8) is 0 Å². The van der Waals surface area contributed by atoms with E-state index in [0.717, 1.165) is 30.0 Å². The minimum absolute atomic E-state index is 0.0705. The van der Waals surface area contributed by atoms with Gasteiger partial charge in [-0.3, -0.25) is 4.79 Å². The molecule has 0 spiro atoms. The first-order valence-electron chi connectivity index (χ1n) is 7.69. The summed E-state index contributed by atoms with van der Waals surface area (Å²) in [6, 6.07) is 15.3. The summed E-state index contributed by atoms with van der Waals surface area (Å²) in [6.45, 7) is 3.08. The predicted molar refractivity (Wildman–Crippen MR) is 93.3 cm³/mol. The SMILES string of the molecule is O=C(Cc1ccccc1Cl)Nc1ccccc1N1CCOCC1. The molecule has 1 N–H and O–H groups in total. The minimum atomic E-state index is -0.0705. The lowest BCUT2D eigenvalue weighted by molar-refractivity contribution is -0.115.